The maximum absolute atomic E-state index is 12.5. The molecule has 2 atom stereocenters. The van der Waals surface area contributed by atoms with Crippen molar-refractivity contribution >= 4 is 5.91 Å². The molecule has 0 bridgehead atoms. The van der Waals surface area contributed by atoms with E-state index in [0.29, 0.717) is 19.7 Å². The fraction of sp³-hybridized carbons (Fsp3) is 0.600. The molecule has 1 unspecified atom stereocenters. The number of methoxy groups -OCH3 is 1. The fourth-order valence-corrected chi connectivity index (χ4v) is 1.86. The van der Waals surface area contributed by atoms with Crippen LogP contribution < -0.4 is 5.73 Å². The van der Waals surface area contributed by atoms with Crippen molar-refractivity contribution in [2.75, 3.05) is 20.3 Å². The Morgan fingerprint density at radius 3 is 2.80 bits per heavy atom. The number of carbonyl (C=O) groups is 1. The number of amides is 1. The van der Waals surface area contributed by atoms with Crippen LogP contribution in [0.2, 0.25) is 0 Å². The molecule has 1 amide bonds. The van der Waals surface area contributed by atoms with Crippen molar-refractivity contribution in [3.63, 3.8) is 0 Å². The third-order valence-corrected chi connectivity index (χ3v) is 3.50. The Labute approximate surface area is 121 Å². The number of nitrogens with zero attached hydrogens (tertiary/aromatic N) is 2. The first kappa shape index (κ1) is 16.6. The minimum Gasteiger partial charge on any atom is -0.383 e. The maximum Gasteiger partial charge on any atom is 0.240 e. The molecule has 0 radical (unpaired) electrons. The van der Waals surface area contributed by atoms with E-state index in [0.717, 1.165) is 12.1 Å². The number of aromatic nitrogens is 1. The summed E-state index contributed by atoms with van der Waals surface area (Å²) in [7, 11) is 1.62. The van der Waals surface area contributed by atoms with Gasteiger partial charge in [0.15, 0.2) is 0 Å². The number of hydrogen-bond acceptors (Lipinski definition) is 4. The largest absolute Gasteiger partial charge is 0.383 e. The van der Waals surface area contributed by atoms with Gasteiger partial charge < -0.3 is 15.4 Å². The summed E-state index contributed by atoms with van der Waals surface area (Å²) < 4.78 is 5.07. The van der Waals surface area contributed by atoms with Gasteiger partial charge in [0.2, 0.25) is 5.91 Å². The lowest BCUT2D eigenvalue weighted by Gasteiger charge is -2.27. The summed E-state index contributed by atoms with van der Waals surface area (Å²) >= 11 is 0. The van der Waals surface area contributed by atoms with Gasteiger partial charge in [0.25, 0.3) is 0 Å². The van der Waals surface area contributed by atoms with E-state index in [9.17, 15) is 4.79 Å². The quantitative estimate of drug-likeness (QED) is 0.781. The predicted octanol–water partition coefficient (Wildman–Crippen LogP) is 1.43. The summed E-state index contributed by atoms with van der Waals surface area (Å²) in [6.07, 6.45) is 2.61. The van der Waals surface area contributed by atoms with Gasteiger partial charge in [0, 0.05) is 19.9 Å². The molecule has 0 aliphatic heterocycles. The van der Waals surface area contributed by atoms with E-state index in [4.69, 9.17) is 10.5 Å². The van der Waals surface area contributed by atoms with Crippen LogP contribution in [0.15, 0.2) is 24.4 Å². The van der Waals surface area contributed by atoms with Crippen molar-refractivity contribution < 1.29 is 9.53 Å². The summed E-state index contributed by atoms with van der Waals surface area (Å²) in [6, 6.07) is 5.20. The van der Waals surface area contributed by atoms with Crippen LogP contribution in [0.5, 0.6) is 0 Å². The number of pyridine rings is 1. The average molecular weight is 279 g/mol. The van der Waals surface area contributed by atoms with Gasteiger partial charge in [-0.1, -0.05) is 26.3 Å². The monoisotopic (exact) mass is 279 g/mol. The molecule has 0 aliphatic rings. The third kappa shape index (κ3) is 4.90. The van der Waals surface area contributed by atoms with Crippen LogP contribution in [0, 0.1) is 5.92 Å². The van der Waals surface area contributed by atoms with Gasteiger partial charge in [-0.3, -0.25) is 9.78 Å². The van der Waals surface area contributed by atoms with E-state index in [1.54, 1.807) is 18.2 Å². The molecule has 1 aromatic heterocycles. The lowest BCUT2D eigenvalue weighted by molar-refractivity contribution is -0.135. The minimum atomic E-state index is -0.472. The van der Waals surface area contributed by atoms with Gasteiger partial charge in [0.05, 0.1) is 24.9 Å². The summed E-state index contributed by atoms with van der Waals surface area (Å²) in [5.74, 6) is 0.123. The second-order valence-corrected chi connectivity index (χ2v) is 4.98. The van der Waals surface area contributed by atoms with Gasteiger partial charge in [-0.25, -0.2) is 0 Å². The molecule has 0 saturated carbocycles. The van der Waals surface area contributed by atoms with Crippen molar-refractivity contribution in [2.24, 2.45) is 11.7 Å². The van der Waals surface area contributed by atoms with Crippen LogP contribution in [0.3, 0.4) is 0 Å². The van der Waals surface area contributed by atoms with Crippen LogP contribution in [0.25, 0.3) is 0 Å². The molecule has 5 heteroatoms. The van der Waals surface area contributed by atoms with Gasteiger partial charge in [-0.15, -0.1) is 0 Å². The number of carbonyl (C=O) groups excluding carboxylic acids is 1. The van der Waals surface area contributed by atoms with E-state index in [1.165, 1.54) is 0 Å². The number of rotatable bonds is 8. The van der Waals surface area contributed by atoms with Gasteiger partial charge in [0.1, 0.15) is 0 Å². The molecule has 1 heterocycles. The zero-order valence-corrected chi connectivity index (χ0v) is 12.6. The van der Waals surface area contributed by atoms with E-state index >= 15 is 0 Å². The Kier molecular flexibility index (Phi) is 7.18. The van der Waals surface area contributed by atoms with Gasteiger partial charge in [-0.05, 0) is 18.1 Å². The Morgan fingerprint density at radius 2 is 2.25 bits per heavy atom. The first-order valence-electron chi connectivity index (χ1n) is 7.03. The summed E-state index contributed by atoms with van der Waals surface area (Å²) in [5.41, 5.74) is 6.90. The predicted molar refractivity (Wildman–Crippen MR) is 79.0 cm³/mol. The van der Waals surface area contributed by atoms with Gasteiger partial charge in [-0.2, -0.15) is 0 Å². The summed E-state index contributed by atoms with van der Waals surface area (Å²) in [6.45, 7) is 5.52. The third-order valence-electron chi connectivity index (χ3n) is 3.50. The minimum absolute atomic E-state index is 0.0398. The summed E-state index contributed by atoms with van der Waals surface area (Å²) in [4.78, 5) is 18.5. The molecule has 0 spiro atoms. The highest BCUT2D eigenvalue weighted by molar-refractivity contribution is 5.81. The second kappa shape index (κ2) is 8.66. The zero-order chi connectivity index (χ0) is 15.0. The molecule has 0 fully saturated rings. The smallest absolute Gasteiger partial charge is 0.240 e. The Hall–Kier alpha value is -1.46. The highest BCUT2D eigenvalue weighted by atomic mass is 16.5. The van der Waals surface area contributed by atoms with E-state index in [-0.39, 0.29) is 11.8 Å². The highest BCUT2D eigenvalue weighted by Crippen LogP contribution is 2.10. The second-order valence-electron chi connectivity index (χ2n) is 4.98. The molecule has 1 rings (SSSR count). The standard InChI is InChI=1S/C15H25N3O2/c1-4-12(2)14(16)15(19)18(9-10-20-3)11-13-7-5-6-8-17-13/h5-8,12,14H,4,9-11,16H2,1-3H3/t12?,14-/m0/s1. The zero-order valence-electron chi connectivity index (χ0n) is 12.6. The van der Waals surface area contributed by atoms with E-state index < -0.39 is 6.04 Å². The topological polar surface area (TPSA) is 68.5 Å². The SMILES string of the molecule is CCC(C)[C@H](N)C(=O)N(CCOC)Cc1ccccn1. The maximum atomic E-state index is 12.5. The number of nitrogens with two attached hydrogens (primary N) is 1. The van der Waals surface area contributed by atoms with Crippen LogP contribution >= 0.6 is 0 Å². The normalized spacial score (nSPS) is 13.8. The first-order valence-corrected chi connectivity index (χ1v) is 7.03. The van der Waals surface area contributed by atoms with Crippen molar-refractivity contribution in [1.82, 2.24) is 9.88 Å². The Balaban J connectivity index is 2.75. The lowest BCUT2D eigenvalue weighted by Crippen LogP contribution is -2.47. The van der Waals surface area contributed by atoms with Gasteiger partial charge >= 0.3 is 0 Å². The molecule has 0 saturated heterocycles. The molecular formula is C15H25N3O2. The van der Waals surface area contributed by atoms with E-state index in [1.807, 2.05) is 32.0 Å². The molecular weight excluding hydrogens is 254 g/mol. The lowest BCUT2D eigenvalue weighted by atomic mass is 9.99. The van der Waals surface area contributed by atoms with Crippen molar-refractivity contribution in [3.8, 4) is 0 Å². The van der Waals surface area contributed by atoms with Crippen LogP contribution in [-0.2, 0) is 16.1 Å². The Morgan fingerprint density at radius 1 is 1.50 bits per heavy atom. The molecule has 5 nitrogen and oxygen atoms in total. The molecule has 0 aliphatic carbocycles. The van der Waals surface area contributed by atoms with Crippen molar-refractivity contribution in [1.29, 1.82) is 0 Å². The number of ether oxygens (including phenoxy) is 1. The number of hydrogen-bond donors (Lipinski definition) is 1. The van der Waals surface area contributed by atoms with Crippen LogP contribution in [0.1, 0.15) is 26.0 Å². The average Bonchev–Trinajstić information content (AvgIpc) is 2.50. The van der Waals surface area contributed by atoms with Crippen LogP contribution in [0.4, 0.5) is 0 Å². The molecule has 0 aromatic carbocycles. The van der Waals surface area contributed by atoms with Crippen molar-refractivity contribution in [2.45, 2.75) is 32.9 Å². The molecule has 112 valence electrons. The molecule has 1 aromatic rings. The molecule has 2 N–H and O–H groups in total. The fourth-order valence-electron chi connectivity index (χ4n) is 1.86. The first-order chi connectivity index (χ1) is 9.60. The summed E-state index contributed by atoms with van der Waals surface area (Å²) in [5, 5.41) is 0. The van der Waals surface area contributed by atoms with E-state index in [2.05, 4.69) is 4.98 Å². The molecule has 20 heavy (non-hydrogen) atoms. The van der Waals surface area contributed by atoms with Crippen molar-refractivity contribution in [3.05, 3.63) is 30.1 Å². The Bertz CT molecular complexity index is 397. The van der Waals surface area contributed by atoms with Crippen LogP contribution in [-0.4, -0.2) is 42.1 Å². The highest BCUT2D eigenvalue weighted by Gasteiger charge is 2.25.